The number of hydrogen-bond donors (Lipinski definition) is 0. The van der Waals surface area contributed by atoms with Crippen LogP contribution in [0.4, 0.5) is 0 Å². The summed E-state index contributed by atoms with van der Waals surface area (Å²) in [7, 11) is 0. The highest BCUT2D eigenvalue weighted by molar-refractivity contribution is 5.03. The lowest BCUT2D eigenvalue weighted by Gasteiger charge is -2.42. The SMILES string of the molecule is CCCCCCCC1CCC(C2CCCC(C#N)(CCCCCCC)C2)CC1. The van der Waals surface area contributed by atoms with Crippen LogP contribution in [-0.2, 0) is 0 Å². The van der Waals surface area contributed by atoms with Crippen molar-refractivity contribution in [3.63, 3.8) is 0 Å². The largest absolute Gasteiger partial charge is 0.198 e. The number of nitriles is 1. The van der Waals surface area contributed by atoms with Crippen LogP contribution in [0, 0.1) is 34.5 Å². The normalized spacial score (nSPS) is 30.8. The van der Waals surface area contributed by atoms with E-state index in [0.29, 0.717) is 0 Å². The lowest BCUT2D eigenvalue weighted by molar-refractivity contribution is 0.102. The maximum Gasteiger partial charge on any atom is 0.0689 e. The van der Waals surface area contributed by atoms with Crippen LogP contribution in [0.5, 0.6) is 0 Å². The number of nitrogens with zero attached hydrogens (tertiary/aromatic N) is 1. The molecule has 1 nitrogen and oxygen atoms in total. The molecule has 0 radical (unpaired) electrons. The smallest absolute Gasteiger partial charge is 0.0689 e. The van der Waals surface area contributed by atoms with Crippen molar-refractivity contribution in [1.82, 2.24) is 0 Å². The lowest BCUT2D eigenvalue weighted by atomic mass is 9.62. The van der Waals surface area contributed by atoms with E-state index in [-0.39, 0.29) is 5.41 Å². The number of rotatable bonds is 13. The van der Waals surface area contributed by atoms with Gasteiger partial charge in [0.2, 0.25) is 0 Å². The molecule has 2 aliphatic rings. The van der Waals surface area contributed by atoms with Gasteiger partial charge in [-0.2, -0.15) is 5.26 Å². The molecule has 0 aromatic carbocycles. The molecule has 0 N–H and O–H groups in total. The summed E-state index contributed by atoms with van der Waals surface area (Å²) < 4.78 is 0. The van der Waals surface area contributed by atoms with Gasteiger partial charge in [-0.1, -0.05) is 110 Å². The molecule has 28 heavy (non-hydrogen) atoms. The van der Waals surface area contributed by atoms with Crippen molar-refractivity contribution in [1.29, 1.82) is 5.26 Å². The molecule has 2 fully saturated rings. The Morgan fingerprint density at radius 3 is 2.04 bits per heavy atom. The molecule has 0 aromatic heterocycles. The third-order valence-corrected chi connectivity index (χ3v) is 8.15. The molecular formula is C27H49N. The molecule has 0 amide bonds. The van der Waals surface area contributed by atoms with Crippen LogP contribution < -0.4 is 0 Å². The Bertz CT molecular complexity index is 428. The maximum absolute atomic E-state index is 10.0. The molecule has 2 rings (SSSR count). The fourth-order valence-corrected chi connectivity index (χ4v) is 6.25. The molecule has 2 saturated carbocycles. The average Bonchev–Trinajstić information content (AvgIpc) is 2.74. The van der Waals surface area contributed by atoms with Crippen molar-refractivity contribution in [2.75, 3.05) is 0 Å². The molecule has 0 saturated heterocycles. The molecule has 0 bridgehead atoms. The zero-order valence-corrected chi connectivity index (χ0v) is 19.3. The lowest BCUT2D eigenvalue weighted by Crippen LogP contribution is -2.32. The summed E-state index contributed by atoms with van der Waals surface area (Å²) in [6.45, 7) is 4.59. The highest BCUT2D eigenvalue weighted by atomic mass is 14.5. The summed E-state index contributed by atoms with van der Waals surface area (Å²) in [6.07, 6.45) is 27.5. The van der Waals surface area contributed by atoms with Crippen LogP contribution in [0.25, 0.3) is 0 Å². The minimum absolute atomic E-state index is 0.0330. The Hall–Kier alpha value is -0.510. The monoisotopic (exact) mass is 387 g/mol. The minimum Gasteiger partial charge on any atom is -0.198 e. The highest BCUT2D eigenvalue weighted by Crippen LogP contribution is 2.48. The average molecular weight is 388 g/mol. The van der Waals surface area contributed by atoms with Crippen LogP contribution in [0.15, 0.2) is 0 Å². The standard InChI is InChI=1S/C27H49N/c1-3-5-7-9-11-14-24-16-18-25(19-17-24)26-15-13-21-27(22-26,23-28)20-12-10-8-6-4-2/h24-26H,3-22H2,1-2H3. The first-order valence-corrected chi connectivity index (χ1v) is 13.1. The van der Waals surface area contributed by atoms with Crippen molar-refractivity contribution < 1.29 is 0 Å². The van der Waals surface area contributed by atoms with E-state index in [0.717, 1.165) is 17.8 Å². The van der Waals surface area contributed by atoms with Crippen LogP contribution >= 0.6 is 0 Å². The van der Waals surface area contributed by atoms with Gasteiger partial charge in [0.1, 0.15) is 0 Å². The fraction of sp³-hybridized carbons (Fsp3) is 0.963. The summed E-state index contributed by atoms with van der Waals surface area (Å²) >= 11 is 0. The Morgan fingerprint density at radius 1 is 0.750 bits per heavy atom. The summed E-state index contributed by atoms with van der Waals surface area (Å²) in [5, 5.41) is 10.0. The highest BCUT2D eigenvalue weighted by Gasteiger charge is 2.39. The van der Waals surface area contributed by atoms with E-state index >= 15 is 0 Å². The van der Waals surface area contributed by atoms with Crippen LogP contribution in [0.3, 0.4) is 0 Å². The molecule has 0 heterocycles. The molecule has 162 valence electrons. The molecule has 2 aliphatic carbocycles. The summed E-state index contributed by atoms with van der Waals surface area (Å²) in [6, 6.07) is 2.83. The molecule has 0 aliphatic heterocycles. The van der Waals surface area contributed by atoms with Gasteiger partial charge in [0.25, 0.3) is 0 Å². The van der Waals surface area contributed by atoms with Gasteiger partial charge in [-0.25, -0.2) is 0 Å². The Labute approximate surface area is 177 Å². The zero-order valence-electron chi connectivity index (χ0n) is 19.3. The Balaban J connectivity index is 1.69. The van der Waals surface area contributed by atoms with Crippen molar-refractivity contribution in [2.45, 2.75) is 142 Å². The summed E-state index contributed by atoms with van der Waals surface area (Å²) in [4.78, 5) is 0. The quantitative estimate of drug-likeness (QED) is 0.289. The third-order valence-electron chi connectivity index (χ3n) is 8.15. The zero-order chi connectivity index (χ0) is 20.1. The Morgan fingerprint density at radius 2 is 1.39 bits per heavy atom. The molecule has 0 aromatic rings. The van der Waals surface area contributed by atoms with Gasteiger partial charge in [-0.3, -0.25) is 0 Å². The number of unbranched alkanes of at least 4 members (excludes halogenated alkanes) is 8. The second kappa shape index (κ2) is 13.7. The van der Waals surface area contributed by atoms with Crippen molar-refractivity contribution in [3.8, 4) is 6.07 Å². The van der Waals surface area contributed by atoms with Crippen molar-refractivity contribution in [3.05, 3.63) is 0 Å². The maximum atomic E-state index is 10.0. The third kappa shape index (κ3) is 8.08. The van der Waals surface area contributed by atoms with Crippen LogP contribution in [0.1, 0.15) is 142 Å². The molecule has 2 atom stereocenters. The first-order valence-electron chi connectivity index (χ1n) is 13.1. The van der Waals surface area contributed by atoms with Gasteiger partial charge in [-0.05, 0) is 49.9 Å². The summed E-state index contributed by atoms with van der Waals surface area (Å²) in [5.74, 6) is 2.81. The predicted molar refractivity (Wildman–Crippen MR) is 122 cm³/mol. The summed E-state index contributed by atoms with van der Waals surface area (Å²) in [5.41, 5.74) is 0.0330. The van der Waals surface area contributed by atoms with E-state index in [2.05, 4.69) is 19.9 Å². The molecule has 2 unspecified atom stereocenters. The van der Waals surface area contributed by atoms with E-state index in [1.807, 2.05) is 0 Å². The van der Waals surface area contributed by atoms with Crippen LogP contribution in [-0.4, -0.2) is 0 Å². The van der Waals surface area contributed by atoms with Gasteiger partial charge >= 0.3 is 0 Å². The van der Waals surface area contributed by atoms with Gasteiger partial charge in [0.15, 0.2) is 0 Å². The first-order chi connectivity index (χ1) is 13.7. The molecule has 0 spiro atoms. The van der Waals surface area contributed by atoms with Gasteiger partial charge < -0.3 is 0 Å². The van der Waals surface area contributed by atoms with Gasteiger partial charge in [-0.15, -0.1) is 0 Å². The van der Waals surface area contributed by atoms with E-state index in [1.165, 1.54) is 128 Å². The van der Waals surface area contributed by atoms with E-state index < -0.39 is 0 Å². The van der Waals surface area contributed by atoms with E-state index in [9.17, 15) is 5.26 Å². The van der Waals surface area contributed by atoms with Gasteiger partial charge in [0.05, 0.1) is 11.5 Å². The predicted octanol–water partition coefficient (Wildman–Crippen LogP) is 9.21. The fourth-order valence-electron chi connectivity index (χ4n) is 6.25. The minimum atomic E-state index is 0.0330. The second-order valence-corrected chi connectivity index (χ2v) is 10.4. The van der Waals surface area contributed by atoms with Crippen molar-refractivity contribution in [2.24, 2.45) is 23.2 Å². The first kappa shape index (κ1) is 23.8. The van der Waals surface area contributed by atoms with E-state index in [4.69, 9.17) is 0 Å². The molecular weight excluding hydrogens is 338 g/mol. The van der Waals surface area contributed by atoms with E-state index in [1.54, 1.807) is 0 Å². The molecule has 1 heteroatoms. The van der Waals surface area contributed by atoms with Crippen molar-refractivity contribution >= 4 is 0 Å². The van der Waals surface area contributed by atoms with Crippen LogP contribution in [0.2, 0.25) is 0 Å². The number of hydrogen-bond acceptors (Lipinski definition) is 1. The van der Waals surface area contributed by atoms with Gasteiger partial charge in [0, 0.05) is 0 Å². The second-order valence-electron chi connectivity index (χ2n) is 10.4. The Kier molecular flexibility index (Phi) is 11.6. The topological polar surface area (TPSA) is 23.8 Å².